The number of nitrogens with zero attached hydrogens (tertiary/aromatic N) is 1. The Hall–Kier alpha value is -2.88. The molecule has 3 heteroatoms. The number of likely N-dealkylation sites (tertiary alicyclic amines) is 1. The summed E-state index contributed by atoms with van der Waals surface area (Å²) in [5.74, 6) is 0. The van der Waals surface area contributed by atoms with Gasteiger partial charge in [0.15, 0.2) is 0 Å². The number of benzene rings is 3. The number of aliphatic hydroxyl groups is 1. The molecule has 0 saturated carbocycles. The molecule has 2 N–H and O–H groups in total. The highest BCUT2D eigenvalue weighted by atomic mass is 16.3. The predicted molar refractivity (Wildman–Crippen MR) is 127 cm³/mol. The average Bonchev–Trinajstić information content (AvgIpc) is 3.47. The lowest BCUT2D eigenvalue weighted by Crippen LogP contribution is -2.34. The fraction of sp³-hybridized carbons (Fsp3) is 0.286. The van der Waals surface area contributed by atoms with E-state index in [1.54, 1.807) is 0 Å². The van der Waals surface area contributed by atoms with E-state index < -0.39 is 6.10 Å². The lowest BCUT2D eigenvalue weighted by Gasteiger charge is -2.34. The maximum absolute atomic E-state index is 11.2. The standard InChI is InChI=1S/C28H30N2O/c1-21(22-8-4-2-5-9-22)30-17-15-28(20-30,19-27(31)23-10-6-3-7-11-23)25-12-13-26-24(18-25)14-16-29-26/h2-14,16,18,21,27,29,31H,15,17,19-20H2,1H3/t21-,27?,28?/m0/s1. The van der Waals surface area contributed by atoms with Gasteiger partial charge in [-0.3, -0.25) is 4.90 Å². The molecule has 0 radical (unpaired) electrons. The van der Waals surface area contributed by atoms with E-state index in [0.717, 1.165) is 37.0 Å². The molecule has 31 heavy (non-hydrogen) atoms. The van der Waals surface area contributed by atoms with Gasteiger partial charge in [-0.15, -0.1) is 0 Å². The number of fused-ring (bicyclic) bond motifs is 1. The summed E-state index contributed by atoms with van der Waals surface area (Å²) in [6.45, 7) is 4.28. The van der Waals surface area contributed by atoms with Crippen molar-refractivity contribution in [2.24, 2.45) is 0 Å². The van der Waals surface area contributed by atoms with Crippen molar-refractivity contribution in [2.45, 2.75) is 37.3 Å². The summed E-state index contributed by atoms with van der Waals surface area (Å²) in [5.41, 5.74) is 4.76. The second-order valence-corrected chi connectivity index (χ2v) is 9.00. The molecule has 2 heterocycles. The summed E-state index contributed by atoms with van der Waals surface area (Å²) >= 11 is 0. The zero-order valence-electron chi connectivity index (χ0n) is 18.0. The van der Waals surface area contributed by atoms with Gasteiger partial charge >= 0.3 is 0 Å². The highest BCUT2D eigenvalue weighted by Gasteiger charge is 2.42. The van der Waals surface area contributed by atoms with E-state index in [4.69, 9.17) is 0 Å². The molecule has 1 fully saturated rings. The fourth-order valence-corrected chi connectivity index (χ4v) is 5.24. The van der Waals surface area contributed by atoms with Crippen molar-refractivity contribution in [1.29, 1.82) is 0 Å². The van der Waals surface area contributed by atoms with Gasteiger partial charge < -0.3 is 10.1 Å². The molecule has 5 rings (SSSR count). The third-order valence-electron chi connectivity index (χ3n) is 7.15. The van der Waals surface area contributed by atoms with Gasteiger partial charge in [0.2, 0.25) is 0 Å². The van der Waals surface area contributed by atoms with Crippen LogP contribution in [-0.2, 0) is 5.41 Å². The zero-order valence-corrected chi connectivity index (χ0v) is 18.0. The van der Waals surface area contributed by atoms with Crippen LogP contribution in [0.4, 0.5) is 0 Å². The van der Waals surface area contributed by atoms with Crippen LogP contribution >= 0.6 is 0 Å². The lowest BCUT2D eigenvalue weighted by molar-refractivity contribution is 0.128. The van der Waals surface area contributed by atoms with Crippen molar-refractivity contribution in [2.75, 3.05) is 13.1 Å². The number of aromatic amines is 1. The van der Waals surface area contributed by atoms with Gasteiger partial charge in [-0.1, -0.05) is 66.7 Å². The lowest BCUT2D eigenvalue weighted by atomic mass is 9.74. The number of aromatic nitrogens is 1. The zero-order chi connectivity index (χ0) is 21.3. The Morgan fingerprint density at radius 3 is 2.39 bits per heavy atom. The smallest absolute Gasteiger partial charge is 0.0799 e. The summed E-state index contributed by atoms with van der Waals surface area (Å²) in [6, 6.07) is 30.1. The first kappa shape index (κ1) is 20.0. The van der Waals surface area contributed by atoms with E-state index in [1.807, 2.05) is 36.5 Å². The van der Waals surface area contributed by atoms with Crippen LogP contribution in [0.3, 0.4) is 0 Å². The molecule has 3 atom stereocenters. The highest BCUT2D eigenvalue weighted by Crippen LogP contribution is 2.44. The topological polar surface area (TPSA) is 39.3 Å². The monoisotopic (exact) mass is 410 g/mol. The molecule has 0 bridgehead atoms. The van der Waals surface area contributed by atoms with Crippen LogP contribution in [0.1, 0.15) is 48.6 Å². The third kappa shape index (κ3) is 3.91. The second-order valence-electron chi connectivity index (χ2n) is 9.00. The molecule has 158 valence electrons. The first-order valence-corrected chi connectivity index (χ1v) is 11.2. The van der Waals surface area contributed by atoms with Crippen LogP contribution in [0, 0.1) is 0 Å². The van der Waals surface area contributed by atoms with Gasteiger partial charge in [-0.2, -0.15) is 0 Å². The Morgan fingerprint density at radius 1 is 0.935 bits per heavy atom. The summed E-state index contributed by atoms with van der Waals surface area (Å²) in [6.07, 6.45) is 3.29. The van der Waals surface area contributed by atoms with Gasteiger partial charge in [0.1, 0.15) is 0 Å². The van der Waals surface area contributed by atoms with Gasteiger partial charge in [0, 0.05) is 29.7 Å². The maximum atomic E-state index is 11.2. The number of H-pyrrole nitrogens is 1. The van der Waals surface area contributed by atoms with E-state index in [0.29, 0.717) is 6.04 Å². The van der Waals surface area contributed by atoms with Crippen LogP contribution in [0.25, 0.3) is 10.9 Å². The minimum atomic E-state index is -0.477. The van der Waals surface area contributed by atoms with Crippen LogP contribution in [0.2, 0.25) is 0 Å². The molecule has 0 amide bonds. The van der Waals surface area contributed by atoms with Gasteiger partial charge in [0.25, 0.3) is 0 Å². The summed E-state index contributed by atoms with van der Waals surface area (Å²) in [4.78, 5) is 5.88. The highest BCUT2D eigenvalue weighted by molar-refractivity contribution is 5.80. The number of nitrogens with one attached hydrogen (secondary N) is 1. The van der Waals surface area contributed by atoms with Gasteiger partial charge in [-0.05, 0) is 66.6 Å². The van der Waals surface area contributed by atoms with E-state index in [9.17, 15) is 5.11 Å². The number of aliphatic hydroxyl groups excluding tert-OH is 1. The molecular formula is C28H30N2O. The Morgan fingerprint density at radius 2 is 1.65 bits per heavy atom. The van der Waals surface area contributed by atoms with Crippen LogP contribution in [-0.4, -0.2) is 28.1 Å². The summed E-state index contributed by atoms with van der Waals surface area (Å²) < 4.78 is 0. The van der Waals surface area contributed by atoms with Crippen molar-refractivity contribution >= 4 is 10.9 Å². The van der Waals surface area contributed by atoms with Gasteiger partial charge in [0.05, 0.1) is 6.10 Å². The van der Waals surface area contributed by atoms with E-state index >= 15 is 0 Å². The van der Waals surface area contributed by atoms with E-state index in [-0.39, 0.29) is 5.41 Å². The van der Waals surface area contributed by atoms with Crippen molar-refractivity contribution in [1.82, 2.24) is 9.88 Å². The normalized spacial score (nSPS) is 21.4. The molecule has 1 aliphatic heterocycles. The Bertz CT molecular complexity index is 1140. The summed E-state index contributed by atoms with van der Waals surface area (Å²) in [5, 5.41) is 12.4. The third-order valence-corrected chi connectivity index (χ3v) is 7.15. The Labute approximate surface area is 184 Å². The average molecular weight is 411 g/mol. The van der Waals surface area contributed by atoms with Crippen molar-refractivity contribution in [3.63, 3.8) is 0 Å². The Kier molecular flexibility index (Phi) is 5.39. The molecule has 4 aromatic rings. The molecule has 1 aromatic heterocycles. The number of hydrogen-bond donors (Lipinski definition) is 2. The fourth-order valence-electron chi connectivity index (χ4n) is 5.24. The molecule has 1 aliphatic rings. The van der Waals surface area contributed by atoms with Crippen LogP contribution < -0.4 is 0 Å². The second kappa shape index (κ2) is 8.33. The molecule has 1 saturated heterocycles. The number of rotatable bonds is 6. The van der Waals surface area contributed by atoms with E-state index in [2.05, 4.69) is 71.4 Å². The van der Waals surface area contributed by atoms with Crippen LogP contribution in [0.15, 0.2) is 91.1 Å². The summed E-state index contributed by atoms with van der Waals surface area (Å²) in [7, 11) is 0. The first-order valence-electron chi connectivity index (χ1n) is 11.2. The SMILES string of the molecule is C[C@@H](c1ccccc1)N1CCC(CC(O)c2ccccc2)(c2ccc3[nH]ccc3c2)C1. The minimum absolute atomic E-state index is 0.0796. The van der Waals surface area contributed by atoms with Crippen molar-refractivity contribution < 1.29 is 5.11 Å². The van der Waals surface area contributed by atoms with Gasteiger partial charge in [-0.25, -0.2) is 0 Å². The Balaban J connectivity index is 1.49. The molecule has 3 nitrogen and oxygen atoms in total. The molecular weight excluding hydrogens is 380 g/mol. The van der Waals surface area contributed by atoms with E-state index in [1.165, 1.54) is 16.5 Å². The molecule has 0 aliphatic carbocycles. The maximum Gasteiger partial charge on any atom is 0.0799 e. The number of hydrogen-bond acceptors (Lipinski definition) is 2. The quantitative estimate of drug-likeness (QED) is 0.409. The molecule has 2 unspecified atom stereocenters. The predicted octanol–water partition coefficient (Wildman–Crippen LogP) is 6.00. The largest absolute Gasteiger partial charge is 0.388 e. The molecule has 3 aromatic carbocycles. The minimum Gasteiger partial charge on any atom is -0.388 e. The molecule has 0 spiro atoms. The van der Waals surface area contributed by atoms with Crippen LogP contribution in [0.5, 0.6) is 0 Å². The van der Waals surface area contributed by atoms with Crippen molar-refractivity contribution in [3.8, 4) is 0 Å². The van der Waals surface area contributed by atoms with Crippen molar-refractivity contribution in [3.05, 3.63) is 108 Å². The first-order chi connectivity index (χ1) is 15.1.